The molecule has 0 aromatic heterocycles. The average Bonchev–Trinajstić information content (AvgIpc) is 2.70. The zero-order chi connectivity index (χ0) is 20.0. The number of methoxy groups -OCH3 is 1. The van der Waals surface area contributed by atoms with Crippen LogP contribution in [-0.2, 0) is 10.0 Å². The predicted molar refractivity (Wildman–Crippen MR) is 113 cm³/mol. The van der Waals surface area contributed by atoms with E-state index in [0.717, 1.165) is 0 Å². The number of sulfonamides is 1. The van der Waals surface area contributed by atoms with Crippen LogP contribution in [0.4, 0.5) is 5.69 Å². The van der Waals surface area contributed by atoms with Crippen LogP contribution in [0.25, 0.3) is 0 Å². The molecule has 0 unspecified atom stereocenters. The van der Waals surface area contributed by atoms with E-state index in [0.29, 0.717) is 30.1 Å². The summed E-state index contributed by atoms with van der Waals surface area (Å²) in [5.74, 6) is 0.300. The summed E-state index contributed by atoms with van der Waals surface area (Å²) in [6.45, 7) is 1.24. The number of amides is 1. The van der Waals surface area contributed by atoms with Crippen molar-refractivity contribution in [3.63, 3.8) is 0 Å². The molecule has 0 fully saturated rings. The Labute approximate surface area is 172 Å². The van der Waals surface area contributed by atoms with Gasteiger partial charge in [0.2, 0.25) is 0 Å². The molecule has 154 valence electrons. The summed E-state index contributed by atoms with van der Waals surface area (Å²) in [4.78, 5) is 14.1. The van der Waals surface area contributed by atoms with Gasteiger partial charge in [0.05, 0.1) is 17.7 Å². The highest BCUT2D eigenvalue weighted by molar-refractivity contribution is 7.92. The lowest BCUT2D eigenvalue weighted by Gasteiger charge is -2.22. The lowest BCUT2D eigenvalue weighted by atomic mass is 10.2. The van der Waals surface area contributed by atoms with Gasteiger partial charge in [-0.25, -0.2) is 8.42 Å². The van der Waals surface area contributed by atoms with Gasteiger partial charge in [0.25, 0.3) is 15.9 Å². The second-order valence-corrected chi connectivity index (χ2v) is 7.97. The van der Waals surface area contributed by atoms with Crippen LogP contribution in [0.15, 0.2) is 53.4 Å². The molecule has 0 spiro atoms. The molecule has 0 aliphatic rings. The molecule has 1 amide bonds. The first kappa shape index (κ1) is 23.7. The minimum Gasteiger partial charge on any atom is -0.495 e. The number of nitrogens with one attached hydrogen (secondary N) is 1. The number of halogens is 1. The van der Waals surface area contributed by atoms with Crippen LogP contribution >= 0.6 is 12.4 Å². The zero-order valence-electron chi connectivity index (χ0n) is 16.4. The van der Waals surface area contributed by atoms with Gasteiger partial charge in [0.15, 0.2) is 0 Å². The van der Waals surface area contributed by atoms with Crippen LogP contribution in [-0.4, -0.2) is 60.6 Å². The predicted octanol–water partition coefficient (Wildman–Crippen LogP) is 2.23. The molecule has 0 aliphatic carbocycles. The van der Waals surface area contributed by atoms with E-state index in [1.54, 1.807) is 36.2 Å². The zero-order valence-corrected chi connectivity index (χ0v) is 18.0. The summed E-state index contributed by atoms with van der Waals surface area (Å²) in [5, 5.41) is 2.98. The second-order valence-electron chi connectivity index (χ2n) is 6.00. The van der Waals surface area contributed by atoms with Crippen molar-refractivity contribution in [2.45, 2.75) is 4.90 Å². The van der Waals surface area contributed by atoms with Crippen molar-refractivity contribution in [3.05, 3.63) is 54.1 Å². The van der Waals surface area contributed by atoms with E-state index in [1.807, 2.05) is 7.05 Å². The average molecular weight is 428 g/mol. The molecule has 0 aliphatic heterocycles. The standard InChI is InChI=1S/C19H25N3O4S.ClH/c1-20-13-14-21(2)19(23)15-9-11-16(12-10-15)27(24,25)22(3)17-7-5-6-8-18(17)26-4;/h5-12,20H,13-14H2,1-4H3;1H. The maximum Gasteiger partial charge on any atom is 0.264 e. The number of carbonyl (C=O) groups excluding carboxylic acids is 1. The van der Waals surface area contributed by atoms with Crippen LogP contribution in [0.3, 0.4) is 0 Å². The molecule has 2 aromatic carbocycles. The van der Waals surface area contributed by atoms with Crippen LogP contribution in [0.1, 0.15) is 10.4 Å². The van der Waals surface area contributed by atoms with E-state index in [4.69, 9.17) is 4.74 Å². The SMILES string of the molecule is CNCCN(C)C(=O)c1ccc(S(=O)(=O)N(C)c2ccccc2OC)cc1.Cl. The molecule has 0 radical (unpaired) electrons. The van der Waals surface area contributed by atoms with Crippen LogP contribution in [0.2, 0.25) is 0 Å². The molecule has 0 saturated carbocycles. The molecule has 1 N–H and O–H groups in total. The van der Waals surface area contributed by atoms with E-state index < -0.39 is 10.0 Å². The number of carbonyl (C=O) groups is 1. The van der Waals surface area contributed by atoms with Crippen molar-refractivity contribution in [1.29, 1.82) is 0 Å². The molecule has 2 rings (SSSR count). The minimum absolute atomic E-state index is 0. The van der Waals surface area contributed by atoms with E-state index in [9.17, 15) is 13.2 Å². The van der Waals surface area contributed by atoms with Gasteiger partial charge in [-0.3, -0.25) is 9.10 Å². The van der Waals surface area contributed by atoms with E-state index in [-0.39, 0.29) is 23.2 Å². The number of nitrogens with zero attached hydrogens (tertiary/aromatic N) is 2. The summed E-state index contributed by atoms with van der Waals surface area (Å²) in [5.41, 5.74) is 0.874. The summed E-state index contributed by atoms with van der Waals surface area (Å²) < 4.78 is 32.3. The van der Waals surface area contributed by atoms with E-state index in [2.05, 4.69) is 5.32 Å². The van der Waals surface area contributed by atoms with Gasteiger partial charge >= 0.3 is 0 Å². The van der Waals surface area contributed by atoms with Crippen molar-refractivity contribution in [2.75, 3.05) is 45.6 Å². The minimum atomic E-state index is -3.78. The molecule has 0 atom stereocenters. The molecule has 28 heavy (non-hydrogen) atoms. The Morgan fingerprint density at radius 3 is 2.25 bits per heavy atom. The fourth-order valence-corrected chi connectivity index (χ4v) is 3.75. The summed E-state index contributed by atoms with van der Waals surface area (Å²) >= 11 is 0. The molecular weight excluding hydrogens is 402 g/mol. The third-order valence-electron chi connectivity index (χ3n) is 4.23. The fourth-order valence-electron chi connectivity index (χ4n) is 2.55. The van der Waals surface area contributed by atoms with Gasteiger partial charge in [-0.15, -0.1) is 12.4 Å². The third-order valence-corrected chi connectivity index (χ3v) is 6.01. The summed E-state index contributed by atoms with van der Waals surface area (Å²) in [6.07, 6.45) is 0. The lowest BCUT2D eigenvalue weighted by molar-refractivity contribution is 0.0796. The van der Waals surface area contributed by atoms with Gasteiger partial charge in [-0.05, 0) is 43.4 Å². The highest BCUT2D eigenvalue weighted by atomic mass is 35.5. The van der Waals surface area contributed by atoms with Crippen LogP contribution in [0, 0.1) is 0 Å². The number of likely N-dealkylation sites (N-methyl/N-ethyl adjacent to an activating group) is 2. The summed E-state index contributed by atoms with van der Waals surface area (Å²) in [6, 6.07) is 12.8. The van der Waals surface area contributed by atoms with Gasteiger partial charge in [0, 0.05) is 32.7 Å². The molecule has 2 aromatic rings. The van der Waals surface area contributed by atoms with E-state index in [1.165, 1.54) is 42.7 Å². The van der Waals surface area contributed by atoms with Crippen molar-refractivity contribution >= 4 is 34.0 Å². The number of hydrogen-bond donors (Lipinski definition) is 1. The number of benzene rings is 2. The fraction of sp³-hybridized carbons (Fsp3) is 0.316. The second kappa shape index (κ2) is 10.3. The van der Waals surface area contributed by atoms with Crippen LogP contribution < -0.4 is 14.4 Å². The highest BCUT2D eigenvalue weighted by Gasteiger charge is 2.24. The quantitative estimate of drug-likeness (QED) is 0.698. The monoisotopic (exact) mass is 427 g/mol. The van der Waals surface area contributed by atoms with Gasteiger partial charge in [-0.1, -0.05) is 12.1 Å². The van der Waals surface area contributed by atoms with Gasteiger partial charge < -0.3 is 15.0 Å². The Morgan fingerprint density at radius 1 is 1.07 bits per heavy atom. The Hall–Kier alpha value is -2.29. The number of para-hydroxylation sites is 2. The lowest BCUT2D eigenvalue weighted by Crippen LogP contribution is -2.32. The molecule has 0 heterocycles. The maximum atomic E-state index is 12.9. The Kier molecular flexibility index (Phi) is 8.74. The first-order valence-corrected chi connectivity index (χ1v) is 9.89. The molecule has 0 bridgehead atoms. The molecule has 7 nitrogen and oxygen atoms in total. The topological polar surface area (TPSA) is 79.0 Å². The van der Waals surface area contributed by atoms with Crippen LogP contribution in [0.5, 0.6) is 5.75 Å². The summed E-state index contributed by atoms with van der Waals surface area (Å²) in [7, 11) is 2.70. The van der Waals surface area contributed by atoms with Gasteiger partial charge in [0.1, 0.15) is 5.75 Å². The molecule has 9 heteroatoms. The van der Waals surface area contributed by atoms with Crippen molar-refractivity contribution < 1.29 is 17.9 Å². The normalized spacial score (nSPS) is 10.7. The van der Waals surface area contributed by atoms with Crippen molar-refractivity contribution in [2.24, 2.45) is 0 Å². The Bertz CT molecular complexity index is 888. The number of rotatable bonds is 8. The Balaban J connectivity index is 0.00000392. The smallest absolute Gasteiger partial charge is 0.264 e. The van der Waals surface area contributed by atoms with Crippen molar-refractivity contribution in [3.8, 4) is 5.75 Å². The highest BCUT2D eigenvalue weighted by Crippen LogP contribution is 2.30. The molecule has 0 saturated heterocycles. The third kappa shape index (κ3) is 5.15. The van der Waals surface area contributed by atoms with E-state index >= 15 is 0 Å². The first-order chi connectivity index (χ1) is 12.8. The largest absolute Gasteiger partial charge is 0.495 e. The Morgan fingerprint density at radius 2 is 1.68 bits per heavy atom. The van der Waals surface area contributed by atoms with Gasteiger partial charge in [-0.2, -0.15) is 0 Å². The van der Waals surface area contributed by atoms with Crippen molar-refractivity contribution in [1.82, 2.24) is 10.2 Å². The number of anilines is 1. The number of hydrogen-bond acceptors (Lipinski definition) is 5. The first-order valence-electron chi connectivity index (χ1n) is 8.45. The molecular formula is C19H26ClN3O4S. The number of ether oxygens (including phenoxy) is 1. The maximum absolute atomic E-state index is 12.9.